The number of nitrogens with zero attached hydrogens (tertiary/aromatic N) is 5. The third kappa shape index (κ3) is 6.82. The van der Waals surface area contributed by atoms with Gasteiger partial charge < -0.3 is 10.4 Å². The molecule has 4 aromatic rings. The monoisotopic (exact) mass is 563 g/mol. The van der Waals surface area contributed by atoms with Crippen LogP contribution in [0.1, 0.15) is 42.9 Å². The van der Waals surface area contributed by atoms with Crippen molar-refractivity contribution in [2.24, 2.45) is 5.92 Å². The van der Waals surface area contributed by atoms with Crippen LogP contribution >= 0.6 is 0 Å². The van der Waals surface area contributed by atoms with Gasteiger partial charge in [-0.15, -0.1) is 0 Å². The second kappa shape index (κ2) is 12.5. The van der Waals surface area contributed by atoms with E-state index in [1.807, 2.05) is 18.2 Å². The normalized spacial score (nSPS) is 14.8. The average Bonchev–Trinajstić information content (AvgIpc) is 3.62. The molecule has 0 bridgehead atoms. The molecular formula is C28H33N7O4S. The fourth-order valence-corrected chi connectivity index (χ4v) is 5.93. The highest BCUT2D eigenvalue weighted by Crippen LogP contribution is 2.25. The largest absolute Gasteiger partial charge is 0.387 e. The smallest absolute Gasteiger partial charge is 0.368 e. The Morgan fingerprint density at radius 1 is 1.00 bits per heavy atom. The molecule has 2 aromatic heterocycles. The predicted molar refractivity (Wildman–Crippen MR) is 151 cm³/mol. The molecule has 0 saturated heterocycles. The van der Waals surface area contributed by atoms with Crippen molar-refractivity contribution in [3.05, 3.63) is 94.7 Å². The van der Waals surface area contributed by atoms with E-state index in [0.29, 0.717) is 36.9 Å². The molecule has 0 radical (unpaired) electrons. The Morgan fingerprint density at radius 2 is 1.75 bits per heavy atom. The van der Waals surface area contributed by atoms with Crippen LogP contribution in [0.4, 0.5) is 5.69 Å². The van der Waals surface area contributed by atoms with Crippen LogP contribution in [0.2, 0.25) is 0 Å². The first-order valence-electron chi connectivity index (χ1n) is 13.4. The quantitative estimate of drug-likeness (QED) is 0.223. The van der Waals surface area contributed by atoms with Crippen molar-refractivity contribution in [2.75, 3.05) is 17.8 Å². The summed E-state index contributed by atoms with van der Waals surface area (Å²) in [6.45, 7) is 1.63. The average molecular weight is 564 g/mol. The van der Waals surface area contributed by atoms with Gasteiger partial charge in [0.25, 0.3) is 10.0 Å². The number of rotatable bonds is 12. The van der Waals surface area contributed by atoms with E-state index < -0.39 is 16.1 Å². The molecule has 5 rings (SSSR count). The maximum absolute atomic E-state index is 12.9. The number of hydrogen-bond acceptors (Lipinski definition) is 8. The van der Waals surface area contributed by atoms with Gasteiger partial charge in [0, 0.05) is 30.2 Å². The Hall–Kier alpha value is -3.87. The van der Waals surface area contributed by atoms with Crippen LogP contribution < -0.4 is 15.7 Å². The lowest BCUT2D eigenvalue weighted by atomic mass is 10.1. The maximum atomic E-state index is 12.9. The summed E-state index contributed by atoms with van der Waals surface area (Å²) in [6, 6.07) is 16.8. The zero-order chi connectivity index (χ0) is 28.0. The van der Waals surface area contributed by atoms with E-state index in [0.717, 1.165) is 30.4 Å². The number of pyridine rings is 1. The fourth-order valence-electron chi connectivity index (χ4n) is 4.87. The number of nitrogens with one attached hydrogen (secondary N) is 2. The van der Waals surface area contributed by atoms with Crippen LogP contribution in [0.3, 0.4) is 0 Å². The van der Waals surface area contributed by atoms with Gasteiger partial charge in [0.05, 0.1) is 23.2 Å². The van der Waals surface area contributed by atoms with Crippen molar-refractivity contribution in [3.63, 3.8) is 0 Å². The van der Waals surface area contributed by atoms with Gasteiger partial charge in [-0.05, 0) is 90.2 Å². The molecule has 40 heavy (non-hydrogen) atoms. The van der Waals surface area contributed by atoms with Crippen molar-refractivity contribution in [3.8, 4) is 5.69 Å². The molecule has 2 aromatic carbocycles. The van der Waals surface area contributed by atoms with Gasteiger partial charge in [0.15, 0.2) is 0 Å². The zero-order valence-electron chi connectivity index (χ0n) is 22.1. The summed E-state index contributed by atoms with van der Waals surface area (Å²) in [5.41, 5.74) is 2.35. The van der Waals surface area contributed by atoms with Gasteiger partial charge in [-0.1, -0.05) is 31.0 Å². The van der Waals surface area contributed by atoms with Crippen molar-refractivity contribution in [1.82, 2.24) is 30.1 Å². The summed E-state index contributed by atoms with van der Waals surface area (Å²) in [4.78, 5) is 16.8. The van der Waals surface area contributed by atoms with Crippen LogP contribution in [-0.4, -0.2) is 51.4 Å². The van der Waals surface area contributed by atoms with Gasteiger partial charge in [-0.3, -0.25) is 9.71 Å². The maximum Gasteiger partial charge on any atom is 0.368 e. The molecule has 1 aliphatic rings. The van der Waals surface area contributed by atoms with Gasteiger partial charge in [-0.25, -0.2) is 13.2 Å². The Kier molecular flexibility index (Phi) is 8.68. The lowest BCUT2D eigenvalue weighted by molar-refractivity contribution is 0.174. The first kappa shape index (κ1) is 27.7. The summed E-state index contributed by atoms with van der Waals surface area (Å²) < 4.78 is 31.0. The molecule has 0 amide bonds. The second-order valence-electron chi connectivity index (χ2n) is 10.1. The summed E-state index contributed by atoms with van der Waals surface area (Å²) in [5, 5.41) is 21.4. The fraction of sp³-hybridized carbons (Fsp3) is 0.357. The molecular weight excluding hydrogens is 530 g/mol. The minimum Gasteiger partial charge on any atom is -0.387 e. The van der Waals surface area contributed by atoms with Crippen LogP contribution in [0, 0.1) is 5.92 Å². The van der Waals surface area contributed by atoms with Crippen LogP contribution in [-0.2, 0) is 23.0 Å². The van der Waals surface area contributed by atoms with Gasteiger partial charge >= 0.3 is 5.69 Å². The number of anilines is 1. The van der Waals surface area contributed by atoms with Crippen molar-refractivity contribution in [1.29, 1.82) is 0 Å². The predicted octanol–water partition coefficient (Wildman–Crippen LogP) is 2.68. The van der Waals surface area contributed by atoms with E-state index in [-0.39, 0.29) is 10.6 Å². The van der Waals surface area contributed by atoms with E-state index >= 15 is 0 Å². The molecule has 1 unspecified atom stereocenters. The number of aliphatic hydroxyl groups is 1. The lowest BCUT2D eigenvalue weighted by Crippen LogP contribution is -2.26. The first-order valence-corrected chi connectivity index (χ1v) is 14.9. The molecule has 1 saturated carbocycles. The molecule has 3 N–H and O–H groups in total. The van der Waals surface area contributed by atoms with Crippen molar-refractivity contribution >= 4 is 15.7 Å². The number of aromatic nitrogens is 5. The number of benzene rings is 2. The van der Waals surface area contributed by atoms with Crippen LogP contribution in [0.15, 0.2) is 82.7 Å². The van der Waals surface area contributed by atoms with E-state index in [1.54, 1.807) is 42.7 Å². The minimum atomic E-state index is -3.83. The molecule has 0 spiro atoms. The second-order valence-corrected chi connectivity index (χ2v) is 11.7. The SMILES string of the molecule is O=c1n(CC2CCCC2)nnn1-c1ccc(S(=O)(=O)Nc2ccc(CCNCC(O)c3cccnc3)cc2)cc1. The molecule has 1 aliphatic carbocycles. The number of tetrazole rings is 1. The molecule has 210 valence electrons. The van der Waals surface area contributed by atoms with E-state index in [9.17, 15) is 18.3 Å². The summed E-state index contributed by atoms with van der Waals surface area (Å²) in [6.07, 6.45) is 7.95. The number of aliphatic hydroxyl groups excluding tert-OH is 1. The van der Waals surface area contributed by atoms with Gasteiger partial charge in [0.1, 0.15) is 0 Å². The van der Waals surface area contributed by atoms with Crippen LogP contribution in [0.25, 0.3) is 5.69 Å². The minimum absolute atomic E-state index is 0.0723. The Labute approximate surface area is 232 Å². The number of sulfonamides is 1. The Morgan fingerprint density at radius 3 is 2.45 bits per heavy atom. The van der Waals surface area contributed by atoms with Crippen molar-refractivity contribution in [2.45, 2.75) is 49.6 Å². The Balaban J connectivity index is 1.14. The summed E-state index contributed by atoms with van der Waals surface area (Å²) >= 11 is 0. The molecule has 1 fully saturated rings. The molecule has 2 heterocycles. The zero-order valence-corrected chi connectivity index (χ0v) is 22.9. The summed E-state index contributed by atoms with van der Waals surface area (Å²) in [7, 11) is -3.83. The first-order chi connectivity index (χ1) is 19.4. The number of hydrogen-bond donors (Lipinski definition) is 3. The van der Waals surface area contributed by atoms with E-state index in [4.69, 9.17) is 0 Å². The molecule has 11 nitrogen and oxygen atoms in total. The standard InChI is InChI=1S/C28H33N7O4S/c36-27(23-6-3-16-29-18-23)19-30-17-15-21-7-9-24(10-8-21)31-40(38,39)26-13-11-25(12-14-26)35-28(37)34(32-33-35)20-22-4-1-2-5-22/h3,6-14,16,18,22,27,30-31,36H,1-2,4-5,15,17,19-20H2. The molecule has 1 atom stereocenters. The third-order valence-corrected chi connectivity index (χ3v) is 8.54. The molecule has 0 aliphatic heterocycles. The highest BCUT2D eigenvalue weighted by molar-refractivity contribution is 7.92. The van der Waals surface area contributed by atoms with Gasteiger partial charge in [0.2, 0.25) is 0 Å². The lowest BCUT2D eigenvalue weighted by Gasteiger charge is -2.12. The highest BCUT2D eigenvalue weighted by atomic mass is 32.2. The van der Waals surface area contributed by atoms with E-state index in [1.165, 1.54) is 34.3 Å². The third-order valence-electron chi connectivity index (χ3n) is 7.14. The summed E-state index contributed by atoms with van der Waals surface area (Å²) in [5.74, 6) is 0.448. The highest BCUT2D eigenvalue weighted by Gasteiger charge is 2.19. The van der Waals surface area contributed by atoms with E-state index in [2.05, 4.69) is 25.4 Å². The Bertz CT molecular complexity index is 1550. The van der Waals surface area contributed by atoms with Gasteiger partial charge in [-0.2, -0.15) is 9.36 Å². The van der Waals surface area contributed by atoms with Crippen molar-refractivity contribution < 1.29 is 13.5 Å². The topological polar surface area (TPSA) is 144 Å². The van der Waals surface area contributed by atoms with Crippen LogP contribution in [0.5, 0.6) is 0 Å². The molecule has 12 heteroatoms.